The number of hydrogen-bond donors (Lipinski definition) is 3. The normalized spacial score (nSPS) is 16.8. The maximum absolute atomic E-state index is 11.3. The molecule has 0 saturated carbocycles. The van der Waals surface area contributed by atoms with Crippen LogP contribution < -0.4 is 15.4 Å². The Bertz CT molecular complexity index is 325. The van der Waals surface area contributed by atoms with Crippen LogP contribution in [0, 0.1) is 5.92 Å². The molecule has 1 aliphatic rings. The van der Waals surface area contributed by atoms with Crippen molar-refractivity contribution in [3.63, 3.8) is 0 Å². The van der Waals surface area contributed by atoms with Gasteiger partial charge in [0, 0.05) is 19.5 Å². The lowest BCUT2D eigenvalue weighted by molar-refractivity contribution is -0.122. The molecule has 3 N–H and O–H groups in total. The minimum absolute atomic E-state index is 0.0600. The Morgan fingerprint density at radius 1 is 1.44 bits per heavy atom. The van der Waals surface area contributed by atoms with Gasteiger partial charge in [-0.2, -0.15) is 0 Å². The highest BCUT2D eigenvalue weighted by Crippen LogP contribution is 2.07. The molecule has 0 aromatic carbocycles. The van der Waals surface area contributed by atoms with Crippen LogP contribution in [0.25, 0.3) is 0 Å². The first kappa shape index (κ1) is 13.4. The van der Waals surface area contributed by atoms with E-state index in [-0.39, 0.29) is 18.2 Å². The van der Waals surface area contributed by atoms with Crippen molar-refractivity contribution in [2.24, 2.45) is 5.92 Å². The van der Waals surface area contributed by atoms with Crippen molar-refractivity contribution in [1.29, 1.82) is 0 Å². The van der Waals surface area contributed by atoms with Crippen LogP contribution in [0.15, 0.2) is 0 Å². The summed E-state index contributed by atoms with van der Waals surface area (Å²) in [6, 6.07) is 0. The summed E-state index contributed by atoms with van der Waals surface area (Å²) in [5.74, 6) is 0.277. The van der Waals surface area contributed by atoms with Crippen molar-refractivity contribution in [3.05, 3.63) is 0 Å². The number of rotatable bonds is 7. The van der Waals surface area contributed by atoms with Crippen LogP contribution in [0.5, 0.6) is 0 Å². The molecule has 0 aromatic heterocycles. The SMILES string of the molecule is CCNS(=O)(=O)CCNC(=O)CC1CNC1. The third kappa shape index (κ3) is 4.91. The maximum atomic E-state index is 11.3. The summed E-state index contributed by atoms with van der Waals surface area (Å²) in [7, 11) is -3.22. The molecule has 16 heavy (non-hydrogen) atoms. The van der Waals surface area contributed by atoms with Gasteiger partial charge in [-0.3, -0.25) is 4.79 Å². The molecule has 1 heterocycles. The summed E-state index contributed by atoms with van der Waals surface area (Å²) < 4.78 is 24.8. The van der Waals surface area contributed by atoms with Crippen molar-refractivity contribution in [2.75, 3.05) is 31.9 Å². The summed E-state index contributed by atoms with van der Waals surface area (Å²) >= 11 is 0. The third-order valence-corrected chi connectivity index (χ3v) is 3.87. The highest BCUT2D eigenvalue weighted by atomic mass is 32.2. The van der Waals surface area contributed by atoms with E-state index in [0.29, 0.717) is 18.9 Å². The lowest BCUT2D eigenvalue weighted by atomic mass is 9.99. The number of carbonyl (C=O) groups is 1. The Morgan fingerprint density at radius 2 is 2.12 bits per heavy atom. The van der Waals surface area contributed by atoms with E-state index in [2.05, 4.69) is 15.4 Å². The predicted molar refractivity (Wildman–Crippen MR) is 61.4 cm³/mol. The molecule has 0 aliphatic carbocycles. The van der Waals surface area contributed by atoms with Crippen molar-refractivity contribution in [2.45, 2.75) is 13.3 Å². The Hall–Kier alpha value is -0.660. The highest BCUT2D eigenvalue weighted by Gasteiger charge is 2.20. The summed E-state index contributed by atoms with van der Waals surface area (Å²) in [4.78, 5) is 11.3. The first-order valence-corrected chi connectivity index (χ1v) is 7.13. The minimum Gasteiger partial charge on any atom is -0.355 e. The van der Waals surface area contributed by atoms with Crippen molar-refractivity contribution < 1.29 is 13.2 Å². The van der Waals surface area contributed by atoms with Crippen LogP contribution in [0.4, 0.5) is 0 Å². The molecule has 0 radical (unpaired) electrons. The minimum atomic E-state index is -3.22. The number of carbonyl (C=O) groups excluding carboxylic acids is 1. The first-order chi connectivity index (χ1) is 7.53. The quantitative estimate of drug-likeness (QED) is 0.521. The van der Waals surface area contributed by atoms with E-state index in [1.807, 2.05) is 0 Å². The zero-order valence-electron chi connectivity index (χ0n) is 9.45. The third-order valence-electron chi connectivity index (χ3n) is 2.40. The second-order valence-corrected chi connectivity index (χ2v) is 5.82. The molecule has 6 nitrogen and oxygen atoms in total. The van der Waals surface area contributed by atoms with E-state index in [4.69, 9.17) is 0 Å². The predicted octanol–water partition coefficient (Wildman–Crippen LogP) is -1.35. The molecular formula is C9H19N3O3S. The van der Waals surface area contributed by atoms with Crippen LogP contribution in [-0.2, 0) is 14.8 Å². The Morgan fingerprint density at radius 3 is 2.62 bits per heavy atom. The fourth-order valence-electron chi connectivity index (χ4n) is 1.44. The molecule has 94 valence electrons. The number of nitrogens with one attached hydrogen (secondary N) is 3. The van der Waals surface area contributed by atoms with E-state index in [0.717, 1.165) is 13.1 Å². The summed E-state index contributed by atoms with van der Waals surface area (Å²) in [5, 5.41) is 5.69. The van der Waals surface area contributed by atoms with Crippen molar-refractivity contribution >= 4 is 15.9 Å². The molecule has 1 saturated heterocycles. The molecule has 0 bridgehead atoms. The second-order valence-electron chi connectivity index (χ2n) is 3.90. The molecule has 1 rings (SSSR count). The zero-order valence-corrected chi connectivity index (χ0v) is 10.3. The van der Waals surface area contributed by atoms with Gasteiger partial charge in [0.15, 0.2) is 0 Å². The van der Waals surface area contributed by atoms with Crippen LogP contribution in [0.2, 0.25) is 0 Å². The Balaban J connectivity index is 2.12. The maximum Gasteiger partial charge on any atom is 0.220 e. The highest BCUT2D eigenvalue weighted by molar-refractivity contribution is 7.89. The fraction of sp³-hybridized carbons (Fsp3) is 0.889. The van der Waals surface area contributed by atoms with Gasteiger partial charge in [-0.05, 0) is 19.0 Å². The molecule has 0 spiro atoms. The van der Waals surface area contributed by atoms with Gasteiger partial charge in [0.25, 0.3) is 0 Å². The van der Waals surface area contributed by atoms with E-state index in [1.165, 1.54) is 0 Å². The molecule has 0 unspecified atom stereocenters. The van der Waals surface area contributed by atoms with Crippen LogP contribution >= 0.6 is 0 Å². The topological polar surface area (TPSA) is 87.3 Å². The summed E-state index contributed by atoms with van der Waals surface area (Å²) in [5.41, 5.74) is 0. The Kier molecular flexibility index (Phi) is 5.17. The average molecular weight is 249 g/mol. The van der Waals surface area contributed by atoms with Gasteiger partial charge in [0.1, 0.15) is 0 Å². The van der Waals surface area contributed by atoms with Gasteiger partial charge in [-0.1, -0.05) is 6.92 Å². The number of amides is 1. The van der Waals surface area contributed by atoms with Gasteiger partial charge >= 0.3 is 0 Å². The fourth-order valence-corrected chi connectivity index (χ4v) is 2.40. The first-order valence-electron chi connectivity index (χ1n) is 5.48. The molecule has 1 fully saturated rings. The standard InChI is InChI=1S/C9H19N3O3S/c1-2-12-16(14,15)4-3-11-9(13)5-8-6-10-7-8/h8,10,12H,2-7H2,1H3,(H,11,13). The van der Waals surface area contributed by atoms with Crippen LogP contribution in [0.3, 0.4) is 0 Å². The lowest BCUT2D eigenvalue weighted by Gasteiger charge is -2.26. The van der Waals surface area contributed by atoms with E-state index in [1.54, 1.807) is 6.92 Å². The van der Waals surface area contributed by atoms with Gasteiger partial charge in [-0.15, -0.1) is 0 Å². The largest absolute Gasteiger partial charge is 0.355 e. The Labute approximate surface area is 96.2 Å². The summed E-state index contributed by atoms with van der Waals surface area (Å²) in [6.45, 7) is 4.03. The van der Waals surface area contributed by atoms with Crippen molar-refractivity contribution in [1.82, 2.24) is 15.4 Å². The number of hydrogen-bond acceptors (Lipinski definition) is 4. The van der Waals surface area contributed by atoms with E-state index < -0.39 is 10.0 Å². The van der Waals surface area contributed by atoms with Crippen LogP contribution in [0.1, 0.15) is 13.3 Å². The summed E-state index contributed by atoms with van der Waals surface area (Å²) in [6.07, 6.45) is 0.480. The van der Waals surface area contributed by atoms with Gasteiger partial charge < -0.3 is 10.6 Å². The zero-order chi connectivity index (χ0) is 12.0. The van der Waals surface area contributed by atoms with Gasteiger partial charge in [0.2, 0.25) is 15.9 Å². The molecule has 1 amide bonds. The van der Waals surface area contributed by atoms with Crippen molar-refractivity contribution in [3.8, 4) is 0 Å². The molecule has 0 atom stereocenters. The molecular weight excluding hydrogens is 230 g/mol. The van der Waals surface area contributed by atoms with Gasteiger partial charge in [-0.25, -0.2) is 13.1 Å². The molecule has 1 aliphatic heterocycles. The second kappa shape index (κ2) is 6.17. The average Bonchev–Trinajstić information content (AvgIpc) is 2.11. The lowest BCUT2D eigenvalue weighted by Crippen LogP contribution is -2.45. The van der Waals surface area contributed by atoms with Crippen LogP contribution in [-0.4, -0.2) is 46.3 Å². The number of sulfonamides is 1. The molecule has 0 aromatic rings. The van der Waals surface area contributed by atoms with Gasteiger partial charge in [0.05, 0.1) is 5.75 Å². The van der Waals surface area contributed by atoms with E-state index in [9.17, 15) is 13.2 Å². The molecule has 7 heteroatoms. The monoisotopic (exact) mass is 249 g/mol. The van der Waals surface area contributed by atoms with E-state index >= 15 is 0 Å². The smallest absolute Gasteiger partial charge is 0.220 e.